The zero-order valence-electron chi connectivity index (χ0n) is 12.8. The SMILES string of the molecule is COC12CCCCC1(OC)OC(C(O)CO)C(C(C)O)O2. The third-order valence-corrected chi connectivity index (χ3v) is 4.52. The van der Waals surface area contributed by atoms with Crippen molar-refractivity contribution in [3.05, 3.63) is 0 Å². The molecule has 0 aromatic carbocycles. The fourth-order valence-electron chi connectivity index (χ4n) is 3.35. The quantitative estimate of drug-likeness (QED) is 0.645. The van der Waals surface area contributed by atoms with E-state index >= 15 is 0 Å². The van der Waals surface area contributed by atoms with E-state index in [9.17, 15) is 15.3 Å². The number of aliphatic hydroxyl groups is 3. The lowest BCUT2D eigenvalue weighted by Crippen LogP contribution is -2.72. The molecule has 6 unspecified atom stereocenters. The van der Waals surface area contributed by atoms with Crippen LogP contribution in [0.4, 0.5) is 0 Å². The van der Waals surface area contributed by atoms with Crippen LogP contribution in [0.25, 0.3) is 0 Å². The van der Waals surface area contributed by atoms with Crippen LogP contribution in [0.2, 0.25) is 0 Å². The molecule has 7 nitrogen and oxygen atoms in total. The first-order valence-corrected chi connectivity index (χ1v) is 7.38. The van der Waals surface area contributed by atoms with Crippen molar-refractivity contribution in [3.63, 3.8) is 0 Å². The Balaban J connectivity index is 2.37. The minimum Gasteiger partial charge on any atom is -0.394 e. The van der Waals surface area contributed by atoms with Gasteiger partial charge in [0.1, 0.15) is 18.3 Å². The lowest BCUT2D eigenvalue weighted by Gasteiger charge is -2.57. The Morgan fingerprint density at radius 1 is 1.05 bits per heavy atom. The summed E-state index contributed by atoms with van der Waals surface area (Å²) in [5, 5.41) is 29.2. The first-order chi connectivity index (χ1) is 9.95. The standard InChI is InChI=1S/C14H26O7/c1-9(16)11-12(10(17)8-15)21-14(19-3)7-5-4-6-13(14,18-2)20-11/h9-12,15-17H,4-8H2,1-3H3. The molecule has 3 N–H and O–H groups in total. The fraction of sp³-hybridized carbons (Fsp3) is 1.00. The Labute approximate surface area is 124 Å². The second kappa shape index (κ2) is 6.45. The van der Waals surface area contributed by atoms with Crippen LogP contribution in [0, 0.1) is 0 Å². The van der Waals surface area contributed by atoms with Gasteiger partial charge in [0.15, 0.2) is 0 Å². The third-order valence-electron chi connectivity index (χ3n) is 4.52. The van der Waals surface area contributed by atoms with E-state index in [0.717, 1.165) is 12.8 Å². The van der Waals surface area contributed by atoms with Gasteiger partial charge in [-0.2, -0.15) is 0 Å². The second-order valence-corrected chi connectivity index (χ2v) is 5.78. The highest BCUT2D eigenvalue weighted by atomic mass is 16.8. The number of rotatable bonds is 5. The predicted molar refractivity (Wildman–Crippen MR) is 72.5 cm³/mol. The topological polar surface area (TPSA) is 97.6 Å². The molecule has 7 heteroatoms. The number of hydrogen-bond donors (Lipinski definition) is 3. The molecule has 1 saturated carbocycles. The van der Waals surface area contributed by atoms with E-state index in [0.29, 0.717) is 12.8 Å². The van der Waals surface area contributed by atoms with Gasteiger partial charge in [-0.25, -0.2) is 0 Å². The van der Waals surface area contributed by atoms with Gasteiger partial charge < -0.3 is 34.3 Å². The monoisotopic (exact) mass is 306 g/mol. The molecule has 2 fully saturated rings. The smallest absolute Gasteiger partial charge is 0.223 e. The van der Waals surface area contributed by atoms with Crippen LogP contribution in [0.5, 0.6) is 0 Å². The maximum atomic E-state index is 10.00. The summed E-state index contributed by atoms with van der Waals surface area (Å²) in [6, 6.07) is 0. The summed E-state index contributed by atoms with van der Waals surface area (Å²) in [6.45, 7) is 1.06. The maximum Gasteiger partial charge on any atom is 0.223 e. The normalized spacial score (nSPS) is 43.1. The van der Waals surface area contributed by atoms with E-state index in [1.807, 2.05) is 0 Å². The average molecular weight is 306 g/mol. The molecule has 0 amide bonds. The number of methoxy groups -OCH3 is 2. The summed E-state index contributed by atoms with van der Waals surface area (Å²) in [7, 11) is 3.03. The molecule has 2 aliphatic rings. The van der Waals surface area contributed by atoms with E-state index in [1.165, 1.54) is 14.2 Å². The summed E-state index contributed by atoms with van der Waals surface area (Å²) in [5.41, 5.74) is 0. The number of aliphatic hydroxyl groups excluding tert-OH is 3. The lowest BCUT2D eigenvalue weighted by atomic mass is 9.84. The van der Waals surface area contributed by atoms with Crippen LogP contribution in [-0.4, -0.2) is 72.1 Å². The van der Waals surface area contributed by atoms with Gasteiger partial charge in [0.2, 0.25) is 11.6 Å². The molecule has 6 atom stereocenters. The van der Waals surface area contributed by atoms with Gasteiger partial charge in [-0.3, -0.25) is 0 Å². The summed E-state index contributed by atoms with van der Waals surface area (Å²) in [5.74, 6) is -2.26. The second-order valence-electron chi connectivity index (χ2n) is 5.78. The largest absolute Gasteiger partial charge is 0.394 e. The van der Waals surface area contributed by atoms with E-state index in [-0.39, 0.29) is 0 Å². The van der Waals surface area contributed by atoms with Crippen LogP contribution < -0.4 is 0 Å². The van der Waals surface area contributed by atoms with Crippen molar-refractivity contribution in [2.45, 2.75) is 68.6 Å². The highest BCUT2D eigenvalue weighted by molar-refractivity contribution is 5.01. The molecule has 0 bridgehead atoms. The molecule has 0 aromatic heterocycles. The zero-order valence-corrected chi connectivity index (χ0v) is 12.8. The molecule has 1 aliphatic carbocycles. The average Bonchev–Trinajstić information content (AvgIpc) is 2.52. The Morgan fingerprint density at radius 2 is 1.52 bits per heavy atom. The Morgan fingerprint density at radius 3 is 1.90 bits per heavy atom. The first kappa shape index (κ1) is 17.1. The predicted octanol–water partition coefficient (Wildman–Crippen LogP) is -0.236. The summed E-state index contributed by atoms with van der Waals surface area (Å²) in [6.07, 6.45) is -0.870. The number of fused-ring (bicyclic) bond motifs is 1. The lowest BCUT2D eigenvalue weighted by molar-refractivity contribution is -0.479. The van der Waals surface area contributed by atoms with Crippen LogP contribution in [0.15, 0.2) is 0 Å². The molecule has 124 valence electrons. The van der Waals surface area contributed by atoms with Crippen LogP contribution in [-0.2, 0) is 18.9 Å². The van der Waals surface area contributed by atoms with Crippen molar-refractivity contribution in [2.24, 2.45) is 0 Å². The third kappa shape index (κ3) is 2.72. The zero-order chi connectivity index (χ0) is 15.7. The molecule has 0 aromatic rings. The minimum absolute atomic E-state index is 0.489. The molecule has 1 saturated heterocycles. The molecule has 2 rings (SSSR count). The van der Waals surface area contributed by atoms with E-state index in [4.69, 9.17) is 18.9 Å². The van der Waals surface area contributed by atoms with Crippen molar-refractivity contribution < 1.29 is 34.3 Å². The highest BCUT2D eigenvalue weighted by Gasteiger charge is 2.64. The van der Waals surface area contributed by atoms with Crippen molar-refractivity contribution in [2.75, 3.05) is 20.8 Å². The highest BCUT2D eigenvalue weighted by Crippen LogP contribution is 2.49. The van der Waals surface area contributed by atoms with E-state index < -0.39 is 42.6 Å². The molecule has 0 radical (unpaired) electrons. The van der Waals surface area contributed by atoms with Gasteiger partial charge in [-0.1, -0.05) is 0 Å². The molecule has 21 heavy (non-hydrogen) atoms. The number of ether oxygens (including phenoxy) is 4. The summed E-state index contributed by atoms with van der Waals surface area (Å²) < 4.78 is 23.2. The van der Waals surface area contributed by atoms with Gasteiger partial charge in [-0.05, 0) is 19.8 Å². The Hall–Kier alpha value is -0.280. The van der Waals surface area contributed by atoms with Crippen molar-refractivity contribution in [1.82, 2.24) is 0 Å². The fourth-order valence-corrected chi connectivity index (χ4v) is 3.35. The van der Waals surface area contributed by atoms with Gasteiger partial charge in [0, 0.05) is 27.1 Å². The van der Waals surface area contributed by atoms with Crippen molar-refractivity contribution >= 4 is 0 Å². The van der Waals surface area contributed by atoms with E-state index in [1.54, 1.807) is 6.92 Å². The number of hydrogen-bond acceptors (Lipinski definition) is 7. The van der Waals surface area contributed by atoms with Gasteiger partial charge in [0.05, 0.1) is 12.7 Å². The maximum absolute atomic E-state index is 10.00. The molecule has 1 aliphatic heterocycles. The van der Waals surface area contributed by atoms with Gasteiger partial charge in [-0.15, -0.1) is 0 Å². The molecule has 0 spiro atoms. The van der Waals surface area contributed by atoms with E-state index in [2.05, 4.69) is 0 Å². The summed E-state index contributed by atoms with van der Waals surface area (Å²) in [4.78, 5) is 0. The van der Waals surface area contributed by atoms with Crippen molar-refractivity contribution in [3.8, 4) is 0 Å². The van der Waals surface area contributed by atoms with Crippen LogP contribution >= 0.6 is 0 Å². The Bertz CT molecular complexity index is 350. The van der Waals surface area contributed by atoms with Crippen LogP contribution in [0.3, 0.4) is 0 Å². The first-order valence-electron chi connectivity index (χ1n) is 7.38. The van der Waals surface area contributed by atoms with Gasteiger partial charge in [0.25, 0.3) is 0 Å². The molecular formula is C14H26O7. The minimum atomic E-state index is -1.17. The Kier molecular flexibility index (Phi) is 5.25. The van der Waals surface area contributed by atoms with Crippen molar-refractivity contribution in [1.29, 1.82) is 0 Å². The van der Waals surface area contributed by atoms with Crippen LogP contribution in [0.1, 0.15) is 32.6 Å². The molecular weight excluding hydrogens is 280 g/mol. The van der Waals surface area contributed by atoms with Gasteiger partial charge >= 0.3 is 0 Å². The molecule has 1 heterocycles. The summed E-state index contributed by atoms with van der Waals surface area (Å²) >= 11 is 0.